The third-order valence-electron chi connectivity index (χ3n) is 5.83. The predicted molar refractivity (Wildman–Crippen MR) is 120 cm³/mol. The number of morpholine rings is 1. The van der Waals surface area contributed by atoms with Gasteiger partial charge >= 0.3 is 12.3 Å². The van der Waals surface area contributed by atoms with Gasteiger partial charge in [-0.3, -0.25) is 9.59 Å². The first-order chi connectivity index (χ1) is 16.2. The fraction of sp³-hybridized carbons (Fsp3) is 0.625. The number of fused-ring (bicyclic) bond motifs is 1. The molecule has 1 fully saturated rings. The maximum Gasteiger partial charge on any atom is 0.416 e. The van der Waals surface area contributed by atoms with Crippen molar-refractivity contribution in [1.82, 2.24) is 15.1 Å². The molecule has 2 aliphatic heterocycles. The molecule has 1 aromatic carbocycles. The second-order valence-corrected chi connectivity index (χ2v) is 9.97. The summed E-state index contributed by atoms with van der Waals surface area (Å²) in [6, 6.07) is 3.24. The van der Waals surface area contributed by atoms with E-state index >= 15 is 0 Å². The lowest BCUT2D eigenvalue weighted by molar-refractivity contribution is -0.149. The molecule has 0 aliphatic carbocycles. The molecule has 3 amide bonds. The normalized spacial score (nSPS) is 19.7. The van der Waals surface area contributed by atoms with Crippen molar-refractivity contribution in [3.8, 4) is 0 Å². The third kappa shape index (κ3) is 7.33. The monoisotopic (exact) mass is 499 g/mol. The van der Waals surface area contributed by atoms with Crippen LogP contribution in [0.1, 0.15) is 50.8 Å². The summed E-state index contributed by atoms with van der Waals surface area (Å²) in [6.45, 7) is 7.44. The Morgan fingerprint density at radius 1 is 1.26 bits per heavy atom. The number of ether oxygens (including phenoxy) is 2. The van der Waals surface area contributed by atoms with Crippen molar-refractivity contribution in [3.05, 3.63) is 34.9 Å². The van der Waals surface area contributed by atoms with Gasteiger partial charge in [0.25, 0.3) is 0 Å². The van der Waals surface area contributed by atoms with Crippen LogP contribution in [0.2, 0.25) is 0 Å². The number of nitrogens with zero attached hydrogens (tertiary/aromatic N) is 2. The van der Waals surface area contributed by atoms with Crippen molar-refractivity contribution in [3.63, 3.8) is 0 Å². The van der Waals surface area contributed by atoms with Crippen molar-refractivity contribution in [2.24, 2.45) is 0 Å². The molecule has 1 aromatic rings. The van der Waals surface area contributed by atoms with E-state index in [1.807, 2.05) is 6.92 Å². The van der Waals surface area contributed by atoms with Crippen LogP contribution < -0.4 is 5.32 Å². The number of hydrogen-bond acceptors (Lipinski definition) is 5. The van der Waals surface area contributed by atoms with Crippen LogP contribution in [0.4, 0.5) is 18.0 Å². The van der Waals surface area contributed by atoms with Crippen LogP contribution in [0.15, 0.2) is 18.2 Å². The molecule has 0 spiro atoms. The summed E-state index contributed by atoms with van der Waals surface area (Å²) >= 11 is 0. The number of alkyl halides is 3. The Kier molecular flexibility index (Phi) is 7.98. The number of hydrogen-bond donors (Lipinski definition) is 1. The zero-order valence-corrected chi connectivity index (χ0v) is 20.4. The Balaban J connectivity index is 1.72. The third-order valence-corrected chi connectivity index (χ3v) is 5.83. The molecule has 2 heterocycles. The Morgan fingerprint density at radius 3 is 2.63 bits per heavy atom. The lowest BCUT2D eigenvalue weighted by Gasteiger charge is -2.35. The summed E-state index contributed by atoms with van der Waals surface area (Å²) in [5.74, 6) is -0.582. The van der Waals surface area contributed by atoms with Gasteiger partial charge in [-0.2, -0.15) is 13.2 Å². The minimum atomic E-state index is -4.46. The number of nitrogens with one attached hydrogen (secondary N) is 1. The van der Waals surface area contributed by atoms with Gasteiger partial charge in [0.2, 0.25) is 11.8 Å². The first-order valence-corrected chi connectivity index (χ1v) is 11.6. The largest absolute Gasteiger partial charge is 0.444 e. The molecular formula is C24H32F3N3O5. The number of alkyl carbamates (subject to hydrolysis) is 1. The summed E-state index contributed by atoms with van der Waals surface area (Å²) in [6.07, 6.45) is -5.41. The minimum Gasteiger partial charge on any atom is -0.444 e. The SMILES string of the molecule is C[C@H]1CN(C[C@H](CC(=O)N2CCc3c(cccc3C(F)(F)F)C2)NC(=O)OC(C)(C)C)C(=O)CO1. The lowest BCUT2D eigenvalue weighted by Crippen LogP contribution is -2.53. The van der Waals surface area contributed by atoms with Gasteiger partial charge in [0.15, 0.2) is 0 Å². The van der Waals surface area contributed by atoms with E-state index in [2.05, 4.69) is 5.32 Å². The molecule has 0 aromatic heterocycles. The van der Waals surface area contributed by atoms with Crippen molar-refractivity contribution in [2.45, 2.75) is 71.0 Å². The van der Waals surface area contributed by atoms with Gasteiger partial charge in [0, 0.05) is 32.6 Å². The topological polar surface area (TPSA) is 88.2 Å². The van der Waals surface area contributed by atoms with E-state index in [9.17, 15) is 27.6 Å². The Morgan fingerprint density at radius 2 is 1.97 bits per heavy atom. The van der Waals surface area contributed by atoms with Crippen LogP contribution in [0.3, 0.4) is 0 Å². The molecule has 3 rings (SSSR count). The highest BCUT2D eigenvalue weighted by molar-refractivity contribution is 5.80. The summed E-state index contributed by atoms with van der Waals surface area (Å²) in [5.41, 5.74) is -0.769. The van der Waals surface area contributed by atoms with Gasteiger partial charge in [0.05, 0.1) is 17.7 Å². The molecule has 1 saturated heterocycles. The molecule has 35 heavy (non-hydrogen) atoms. The fourth-order valence-electron chi connectivity index (χ4n) is 4.28. The van der Waals surface area contributed by atoms with Gasteiger partial charge in [-0.1, -0.05) is 12.1 Å². The number of carbonyl (C=O) groups is 3. The van der Waals surface area contributed by atoms with Gasteiger partial charge in [-0.25, -0.2) is 4.79 Å². The number of amides is 3. The van der Waals surface area contributed by atoms with Crippen LogP contribution in [0.25, 0.3) is 0 Å². The second-order valence-electron chi connectivity index (χ2n) is 9.97. The highest BCUT2D eigenvalue weighted by Gasteiger charge is 2.36. The van der Waals surface area contributed by atoms with Gasteiger partial charge in [-0.15, -0.1) is 0 Å². The highest BCUT2D eigenvalue weighted by Crippen LogP contribution is 2.35. The molecule has 2 aliphatic rings. The van der Waals surface area contributed by atoms with E-state index in [1.54, 1.807) is 26.8 Å². The molecule has 0 unspecified atom stereocenters. The second kappa shape index (κ2) is 10.4. The first-order valence-electron chi connectivity index (χ1n) is 11.6. The Bertz CT molecular complexity index is 961. The summed E-state index contributed by atoms with van der Waals surface area (Å²) in [7, 11) is 0. The molecule has 11 heteroatoms. The highest BCUT2D eigenvalue weighted by atomic mass is 19.4. The average molecular weight is 500 g/mol. The van der Waals surface area contributed by atoms with Crippen molar-refractivity contribution >= 4 is 17.9 Å². The van der Waals surface area contributed by atoms with E-state index in [1.165, 1.54) is 15.9 Å². The number of rotatable bonds is 5. The van der Waals surface area contributed by atoms with Crippen LogP contribution in [0, 0.1) is 0 Å². The lowest BCUT2D eigenvalue weighted by atomic mass is 9.94. The van der Waals surface area contributed by atoms with Crippen molar-refractivity contribution in [1.29, 1.82) is 0 Å². The minimum absolute atomic E-state index is 0.0464. The molecule has 194 valence electrons. The molecule has 0 bridgehead atoms. The first kappa shape index (κ1) is 26.8. The molecular weight excluding hydrogens is 467 g/mol. The van der Waals surface area contributed by atoms with Gasteiger partial charge in [0.1, 0.15) is 12.2 Å². The summed E-state index contributed by atoms with van der Waals surface area (Å²) < 4.78 is 50.7. The molecule has 2 atom stereocenters. The van der Waals surface area contributed by atoms with E-state index < -0.39 is 29.5 Å². The zero-order valence-electron chi connectivity index (χ0n) is 20.4. The molecule has 8 nitrogen and oxygen atoms in total. The number of halogens is 3. The Labute approximate surface area is 202 Å². The molecule has 0 saturated carbocycles. The standard InChI is InChI=1S/C24H32F3N3O5/c1-15-11-30(21(32)14-34-15)13-17(28-22(33)35-23(2,3)4)10-20(31)29-9-8-18-16(12-29)6-5-7-19(18)24(25,26)27/h5-7,15,17H,8-14H2,1-4H3,(H,28,33)/t15-,17-/m0/s1. The van der Waals surface area contributed by atoms with Crippen LogP contribution in [0.5, 0.6) is 0 Å². The quantitative estimate of drug-likeness (QED) is 0.673. The van der Waals surface area contributed by atoms with Gasteiger partial charge < -0.3 is 24.6 Å². The van der Waals surface area contributed by atoms with E-state index in [0.29, 0.717) is 12.1 Å². The van der Waals surface area contributed by atoms with E-state index in [4.69, 9.17) is 9.47 Å². The van der Waals surface area contributed by atoms with E-state index in [0.717, 1.165) is 6.07 Å². The zero-order chi connectivity index (χ0) is 26.0. The van der Waals surface area contributed by atoms with Crippen molar-refractivity contribution < 1.29 is 37.0 Å². The van der Waals surface area contributed by atoms with Crippen LogP contribution in [-0.2, 0) is 38.2 Å². The summed E-state index contributed by atoms with van der Waals surface area (Å²) in [4.78, 5) is 40.9. The van der Waals surface area contributed by atoms with Crippen LogP contribution >= 0.6 is 0 Å². The van der Waals surface area contributed by atoms with Crippen molar-refractivity contribution in [2.75, 3.05) is 26.2 Å². The molecule has 0 radical (unpaired) electrons. The smallest absolute Gasteiger partial charge is 0.416 e. The predicted octanol–water partition coefficient (Wildman–Crippen LogP) is 3.12. The average Bonchev–Trinajstić information content (AvgIpc) is 2.73. The van der Waals surface area contributed by atoms with E-state index in [-0.39, 0.29) is 62.6 Å². The number of benzene rings is 1. The summed E-state index contributed by atoms with van der Waals surface area (Å²) in [5, 5.41) is 2.68. The van der Waals surface area contributed by atoms with Crippen LogP contribution in [-0.4, -0.2) is 71.7 Å². The van der Waals surface area contributed by atoms with Gasteiger partial charge in [-0.05, 0) is 51.3 Å². The number of carbonyl (C=O) groups excluding carboxylic acids is 3. The molecule has 1 N–H and O–H groups in total. The Hall–Kier alpha value is -2.82. The maximum atomic E-state index is 13.4. The fourth-order valence-corrected chi connectivity index (χ4v) is 4.28. The maximum absolute atomic E-state index is 13.4.